The topological polar surface area (TPSA) is 98.1 Å². The van der Waals surface area contributed by atoms with Crippen LogP contribution in [0.15, 0.2) is 57.7 Å². The number of carbonyl (C=O) groups excluding carboxylic acids is 1. The van der Waals surface area contributed by atoms with Crippen molar-refractivity contribution in [3.05, 3.63) is 64.0 Å². The summed E-state index contributed by atoms with van der Waals surface area (Å²) in [6.07, 6.45) is 7.87. The van der Waals surface area contributed by atoms with Gasteiger partial charge < -0.3 is 9.88 Å². The third-order valence-electron chi connectivity index (χ3n) is 6.73. The van der Waals surface area contributed by atoms with Crippen LogP contribution in [-0.4, -0.2) is 29.6 Å². The Bertz CT molecular complexity index is 1340. The maximum Gasteiger partial charge on any atom is 0.252 e. The number of sulfone groups is 1. The second-order valence-electron chi connectivity index (χ2n) is 9.11. The summed E-state index contributed by atoms with van der Waals surface area (Å²) in [5, 5.41) is 5.19. The summed E-state index contributed by atoms with van der Waals surface area (Å²) in [6, 6.07) is 9.36. The third-order valence-corrected chi connectivity index (χ3v) is 9.15. The summed E-state index contributed by atoms with van der Waals surface area (Å²) >= 11 is 1.34. The van der Waals surface area contributed by atoms with E-state index in [1.54, 1.807) is 47.3 Å². The molecular weight excluding hydrogens is 482 g/mol. The van der Waals surface area contributed by atoms with Crippen LogP contribution in [0.25, 0.3) is 11.1 Å². The minimum Gasteiger partial charge on any atom is -0.300 e. The molecule has 7 nitrogen and oxygen atoms in total. The van der Waals surface area contributed by atoms with Gasteiger partial charge in [-0.3, -0.25) is 9.59 Å². The highest BCUT2D eigenvalue weighted by atomic mass is 32.2. The van der Waals surface area contributed by atoms with E-state index in [0.29, 0.717) is 34.3 Å². The molecular formula is C26H31N3O4S2. The number of aryl methyl sites for hydroxylation is 1. The number of carbonyl (C=O) groups is 1. The summed E-state index contributed by atoms with van der Waals surface area (Å²) in [6.45, 7) is 3.43. The minimum atomic E-state index is -3.36. The molecule has 1 aromatic carbocycles. The highest BCUT2D eigenvalue weighted by Gasteiger charge is 2.28. The van der Waals surface area contributed by atoms with Crippen molar-refractivity contribution in [2.24, 2.45) is 5.92 Å². The smallest absolute Gasteiger partial charge is 0.252 e. The van der Waals surface area contributed by atoms with Crippen molar-refractivity contribution in [1.29, 1.82) is 0 Å². The van der Waals surface area contributed by atoms with E-state index in [0.717, 1.165) is 25.7 Å². The SMILES string of the molecule is CCS(=O)(=O)c1cccc(-c2cc(C)n([C@@H](CC3CCCCC3)C(=O)Nc3nccs3)c(=O)c2)c1. The Hall–Kier alpha value is -2.78. The van der Waals surface area contributed by atoms with Gasteiger partial charge in [-0.05, 0) is 48.6 Å². The largest absolute Gasteiger partial charge is 0.300 e. The summed E-state index contributed by atoms with van der Waals surface area (Å²) in [7, 11) is -3.36. The van der Waals surface area contributed by atoms with E-state index in [-0.39, 0.29) is 22.1 Å². The molecule has 1 saturated carbocycles. The molecule has 35 heavy (non-hydrogen) atoms. The van der Waals surface area contributed by atoms with Gasteiger partial charge in [0.15, 0.2) is 15.0 Å². The Morgan fingerprint density at radius 3 is 2.60 bits per heavy atom. The Balaban J connectivity index is 1.70. The lowest BCUT2D eigenvalue weighted by atomic mass is 9.84. The first-order valence-corrected chi connectivity index (χ1v) is 14.6. The van der Waals surface area contributed by atoms with Gasteiger partial charge in [0, 0.05) is 23.3 Å². The van der Waals surface area contributed by atoms with Gasteiger partial charge in [-0.1, -0.05) is 51.2 Å². The standard InChI is InChI=1S/C26H31N3O4S2/c1-3-35(32,33)22-11-7-10-20(16-22)21-14-18(2)29(24(30)17-21)23(15-19-8-5-4-6-9-19)25(31)28-26-27-12-13-34-26/h7,10-14,16-17,19,23H,3-6,8-9,15H2,1-2H3,(H,27,28,31)/t23-/m0/s1. The summed E-state index contributed by atoms with van der Waals surface area (Å²) in [5.74, 6) is 0.158. The molecule has 3 aromatic rings. The van der Waals surface area contributed by atoms with Crippen molar-refractivity contribution in [1.82, 2.24) is 9.55 Å². The van der Waals surface area contributed by atoms with Crippen LogP contribution < -0.4 is 10.9 Å². The van der Waals surface area contributed by atoms with Gasteiger partial charge in [0.2, 0.25) is 5.91 Å². The van der Waals surface area contributed by atoms with E-state index in [1.807, 2.05) is 13.0 Å². The van der Waals surface area contributed by atoms with Crippen LogP contribution in [0.1, 0.15) is 57.2 Å². The lowest BCUT2D eigenvalue weighted by Crippen LogP contribution is -2.36. The average Bonchev–Trinajstić information content (AvgIpc) is 3.36. The molecule has 0 spiro atoms. The fourth-order valence-corrected chi connectivity index (χ4v) is 6.31. The van der Waals surface area contributed by atoms with Crippen molar-refractivity contribution in [3.63, 3.8) is 0 Å². The Kier molecular flexibility index (Phi) is 7.86. The van der Waals surface area contributed by atoms with Gasteiger partial charge in [-0.2, -0.15) is 0 Å². The molecule has 4 rings (SSSR count). The highest BCUT2D eigenvalue weighted by molar-refractivity contribution is 7.91. The molecule has 1 aliphatic carbocycles. The first-order chi connectivity index (χ1) is 16.8. The number of nitrogens with one attached hydrogen (secondary N) is 1. The fraction of sp³-hybridized carbons (Fsp3) is 0.423. The van der Waals surface area contributed by atoms with Gasteiger partial charge in [-0.25, -0.2) is 13.4 Å². The van der Waals surface area contributed by atoms with Gasteiger partial charge in [0.25, 0.3) is 5.56 Å². The van der Waals surface area contributed by atoms with E-state index in [9.17, 15) is 18.0 Å². The predicted octanol–water partition coefficient (Wildman–Crippen LogP) is 5.22. The van der Waals surface area contributed by atoms with Crippen LogP contribution in [0, 0.1) is 12.8 Å². The Morgan fingerprint density at radius 1 is 1.17 bits per heavy atom. The van der Waals surface area contributed by atoms with E-state index < -0.39 is 15.9 Å². The van der Waals surface area contributed by atoms with E-state index in [4.69, 9.17) is 0 Å². The summed E-state index contributed by atoms with van der Waals surface area (Å²) in [5.41, 5.74) is 1.67. The lowest BCUT2D eigenvalue weighted by Gasteiger charge is -2.28. The zero-order valence-corrected chi connectivity index (χ0v) is 21.7. The van der Waals surface area contributed by atoms with Crippen LogP contribution >= 0.6 is 11.3 Å². The normalized spacial score (nSPS) is 15.6. The average molecular weight is 514 g/mol. The van der Waals surface area contributed by atoms with E-state index in [1.165, 1.54) is 23.8 Å². The number of hydrogen-bond acceptors (Lipinski definition) is 6. The quantitative estimate of drug-likeness (QED) is 0.445. The van der Waals surface area contributed by atoms with Crippen LogP contribution in [0.3, 0.4) is 0 Å². The number of benzene rings is 1. The van der Waals surface area contributed by atoms with Gasteiger partial charge in [0.05, 0.1) is 10.6 Å². The van der Waals surface area contributed by atoms with Crippen LogP contribution in [0.5, 0.6) is 0 Å². The molecule has 0 unspecified atom stereocenters. The van der Waals surface area contributed by atoms with Crippen molar-refractivity contribution in [2.45, 2.75) is 63.3 Å². The second-order valence-corrected chi connectivity index (χ2v) is 12.3. The minimum absolute atomic E-state index is 0.00807. The fourth-order valence-electron chi connectivity index (χ4n) is 4.86. The maximum atomic E-state index is 13.4. The highest BCUT2D eigenvalue weighted by Crippen LogP contribution is 2.32. The van der Waals surface area contributed by atoms with Gasteiger partial charge >= 0.3 is 0 Å². The zero-order valence-electron chi connectivity index (χ0n) is 20.1. The molecule has 186 valence electrons. The molecule has 0 saturated heterocycles. The summed E-state index contributed by atoms with van der Waals surface area (Å²) < 4.78 is 26.3. The maximum absolute atomic E-state index is 13.4. The molecule has 1 atom stereocenters. The zero-order chi connectivity index (χ0) is 25.0. The van der Waals surface area contributed by atoms with Gasteiger partial charge in [0.1, 0.15) is 6.04 Å². The predicted molar refractivity (Wildman–Crippen MR) is 140 cm³/mol. The second kappa shape index (κ2) is 10.9. The number of rotatable bonds is 8. The number of amides is 1. The number of pyridine rings is 1. The third kappa shape index (κ3) is 5.90. The summed E-state index contributed by atoms with van der Waals surface area (Å²) in [4.78, 5) is 31.2. The molecule has 2 aromatic heterocycles. The molecule has 2 heterocycles. The molecule has 1 N–H and O–H groups in total. The monoisotopic (exact) mass is 513 g/mol. The van der Waals surface area contributed by atoms with Crippen LogP contribution in [0.4, 0.5) is 5.13 Å². The molecule has 1 aliphatic rings. The van der Waals surface area contributed by atoms with Crippen LogP contribution in [-0.2, 0) is 14.6 Å². The molecule has 9 heteroatoms. The van der Waals surface area contributed by atoms with Crippen molar-refractivity contribution in [3.8, 4) is 11.1 Å². The van der Waals surface area contributed by atoms with Crippen molar-refractivity contribution < 1.29 is 13.2 Å². The van der Waals surface area contributed by atoms with E-state index >= 15 is 0 Å². The number of aromatic nitrogens is 2. The molecule has 0 aliphatic heterocycles. The number of thiazole rings is 1. The number of anilines is 1. The lowest BCUT2D eigenvalue weighted by molar-refractivity contribution is -0.120. The Labute approximate surface area is 210 Å². The molecule has 0 radical (unpaired) electrons. The number of nitrogens with zero attached hydrogens (tertiary/aromatic N) is 2. The molecule has 1 fully saturated rings. The molecule has 1 amide bonds. The first-order valence-electron chi connectivity index (χ1n) is 12.0. The number of hydrogen-bond donors (Lipinski definition) is 1. The van der Waals surface area contributed by atoms with Crippen molar-refractivity contribution in [2.75, 3.05) is 11.1 Å². The van der Waals surface area contributed by atoms with E-state index in [2.05, 4.69) is 10.3 Å². The Morgan fingerprint density at radius 2 is 1.94 bits per heavy atom. The van der Waals surface area contributed by atoms with Crippen molar-refractivity contribution >= 4 is 32.2 Å². The van der Waals surface area contributed by atoms with Gasteiger partial charge in [-0.15, -0.1) is 11.3 Å². The first kappa shape index (κ1) is 25.3. The molecule has 0 bridgehead atoms. The van der Waals surface area contributed by atoms with Crippen LogP contribution in [0.2, 0.25) is 0 Å².